The predicted octanol–water partition coefficient (Wildman–Crippen LogP) is 2.57. The molecule has 0 saturated heterocycles. The first kappa shape index (κ1) is 15.0. The van der Waals surface area contributed by atoms with Crippen LogP contribution in [0.15, 0.2) is 17.6 Å². The van der Waals surface area contributed by atoms with Crippen LogP contribution in [0.3, 0.4) is 0 Å². The number of rotatable bonds is 4. The van der Waals surface area contributed by atoms with Crippen molar-refractivity contribution in [2.24, 2.45) is 0 Å². The number of nitro groups is 1. The van der Waals surface area contributed by atoms with Crippen molar-refractivity contribution in [1.29, 1.82) is 0 Å². The predicted molar refractivity (Wildman–Crippen MR) is 71.0 cm³/mol. The molecule has 6 nitrogen and oxygen atoms in total. The number of hydrogen-bond donors (Lipinski definition) is 1. The first-order valence-electron chi connectivity index (χ1n) is 5.71. The summed E-state index contributed by atoms with van der Waals surface area (Å²) in [6.45, 7) is 1.77. The third-order valence-electron chi connectivity index (χ3n) is 2.75. The third-order valence-corrected chi connectivity index (χ3v) is 3.68. The summed E-state index contributed by atoms with van der Waals surface area (Å²) in [7, 11) is 0. The second-order valence-corrected chi connectivity index (χ2v) is 5.00. The highest BCUT2D eigenvalue weighted by Gasteiger charge is 2.26. The molecule has 9 heteroatoms. The first-order chi connectivity index (χ1) is 9.91. The topological polar surface area (TPSA) is 85.1 Å². The lowest BCUT2D eigenvalue weighted by molar-refractivity contribution is -0.387. The maximum Gasteiger partial charge on any atom is 0.305 e. The lowest BCUT2D eigenvalue weighted by atomic mass is 10.1. The molecule has 1 N–H and O–H groups in total. The van der Waals surface area contributed by atoms with Crippen molar-refractivity contribution < 1.29 is 18.5 Å². The van der Waals surface area contributed by atoms with Crippen LogP contribution in [-0.2, 0) is 6.54 Å². The van der Waals surface area contributed by atoms with Gasteiger partial charge in [0.25, 0.3) is 5.91 Å². The minimum atomic E-state index is -1.49. The van der Waals surface area contributed by atoms with E-state index in [1.54, 1.807) is 12.4 Å². The van der Waals surface area contributed by atoms with Gasteiger partial charge in [-0.2, -0.15) is 4.39 Å². The highest BCUT2D eigenvalue weighted by molar-refractivity contribution is 7.09. The van der Waals surface area contributed by atoms with Crippen LogP contribution in [0.5, 0.6) is 0 Å². The van der Waals surface area contributed by atoms with Crippen molar-refractivity contribution in [3.63, 3.8) is 0 Å². The number of carbonyl (C=O) groups excluding carboxylic acids is 1. The molecule has 0 spiro atoms. The summed E-state index contributed by atoms with van der Waals surface area (Å²) in [5.41, 5.74) is 0.355. The molecule has 0 aliphatic rings. The lowest BCUT2D eigenvalue weighted by Crippen LogP contribution is -2.25. The fraction of sp³-hybridized carbons (Fsp3) is 0.167. The van der Waals surface area contributed by atoms with Gasteiger partial charge in [-0.05, 0) is 13.0 Å². The van der Waals surface area contributed by atoms with Gasteiger partial charge in [-0.15, -0.1) is 11.3 Å². The highest BCUT2D eigenvalue weighted by atomic mass is 32.1. The summed E-state index contributed by atoms with van der Waals surface area (Å²) in [6.07, 6.45) is 0. The number of nitro benzene ring substituents is 1. The Balaban J connectivity index is 2.25. The third kappa shape index (κ3) is 3.02. The Morgan fingerprint density at radius 2 is 2.19 bits per heavy atom. The van der Waals surface area contributed by atoms with Crippen molar-refractivity contribution in [1.82, 2.24) is 10.3 Å². The summed E-state index contributed by atoms with van der Waals surface area (Å²) in [4.78, 5) is 26.1. The van der Waals surface area contributed by atoms with Gasteiger partial charge in [0, 0.05) is 10.9 Å². The van der Waals surface area contributed by atoms with Gasteiger partial charge in [-0.25, -0.2) is 9.37 Å². The molecular weight excluding hydrogens is 304 g/mol. The molecule has 2 aromatic rings. The van der Waals surface area contributed by atoms with E-state index in [-0.39, 0.29) is 6.54 Å². The van der Waals surface area contributed by atoms with Crippen LogP contribution < -0.4 is 5.32 Å². The minimum absolute atomic E-state index is 0.0386. The summed E-state index contributed by atoms with van der Waals surface area (Å²) in [5.74, 6) is -3.70. The Hall–Kier alpha value is -2.42. The number of carbonyl (C=O) groups is 1. The van der Waals surface area contributed by atoms with Gasteiger partial charge in [-0.3, -0.25) is 14.9 Å². The fourth-order valence-corrected chi connectivity index (χ4v) is 2.35. The summed E-state index contributed by atoms with van der Waals surface area (Å²) >= 11 is 1.28. The largest absolute Gasteiger partial charge is 0.347 e. The molecule has 1 aromatic heterocycles. The van der Waals surface area contributed by atoms with Crippen LogP contribution in [0.4, 0.5) is 14.5 Å². The highest BCUT2D eigenvalue weighted by Crippen LogP contribution is 2.23. The Bertz CT molecular complexity index is 718. The summed E-state index contributed by atoms with van der Waals surface area (Å²) < 4.78 is 27.4. The van der Waals surface area contributed by atoms with E-state index in [1.807, 2.05) is 0 Å². The van der Waals surface area contributed by atoms with E-state index in [2.05, 4.69) is 10.3 Å². The number of amides is 1. The van der Waals surface area contributed by atoms with E-state index in [4.69, 9.17) is 0 Å². The second kappa shape index (κ2) is 5.92. The Morgan fingerprint density at radius 1 is 1.48 bits per heavy atom. The maximum atomic E-state index is 13.8. The number of halogens is 2. The van der Waals surface area contributed by atoms with Crippen LogP contribution >= 0.6 is 11.3 Å². The number of hydrogen-bond acceptors (Lipinski definition) is 5. The zero-order valence-electron chi connectivity index (χ0n) is 10.7. The molecule has 0 aliphatic carbocycles. The van der Waals surface area contributed by atoms with Gasteiger partial charge in [0.2, 0.25) is 5.82 Å². The van der Waals surface area contributed by atoms with E-state index in [1.165, 1.54) is 11.3 Å². The molecule has 2 rings (SSSR count). The average Bonchev–Trinajstić information content (AvgIpc) is 2.81. The molecule has 1 amide bonds. The van der Waals surface area contributed by atoms with E-state index in [0.717, 1.165) is 4.88 Å². The lowest BCUT2D eigenvalue weighted by Gasteiger charge is -2.06. The molecule has 0 radical (unpaired) electrons. The number of thiazole rings is 1. The number of aromatic nitrogens is 1. The molecule has 0 atom stereocenters. The molecule has 0 bridgehead atoms. The second-order valence-electron chi connectivity index (χ2n) is 4.06. The smallest absolute Gasteiger partial charge is 0.305 e. The Labute approximate surface area is 121 Å². The van der Waals surface area contributed by atoms with E-state index < -0.39 is 33.7 Å². The molecule has 0 aliphatic heterocycles. The molecule has 1 heterocycles. The molecule has 1 aromatic carbocycles. The van der Waals surface area contributed by atoms with Crippen molar-refractivity contribution in [3.8, 4) is 0 Å². The Morgan fingerprint density at radius 3 is 2.76 bits per heavy atom. The normalized spacial score (nSPS) is 10.4. The van der Waals surface area contributed by atoms with Crippen molar-refractivity contribution >= 4 is 22.9 Å². The molecule has 21 heavy (non-hydrogen) atoms. The van der Waals surface area contributed by atoms with Crippen LogP contribution in [-0.4, -0.2) is 15.8 Å². The van der Waals surface area contributed by atoms with E-state index in [9.17, 15) is 23.7 Å². The molecule has 0 unspecified atom stereocenters. The SMILES string of the molecule is Cc1ncsc1CNC(=O)c1c(F)ccc([N+](=O)[O-])c1F. The van der Waals surface area contributed by atoms with Gasteiger partial charge in [0.15, 0.2) is 0 Å². The summed E-state index contributed by atoms with van der Waals surface area (Å²) in [5, 5.41) is 12.9. The molecule has 0 fully saturated rings. The zero-order valence-corrected chi connectivity index (χ0v) is 11.5. The van der Waals surface area contributed by atoms with Crippen LogP contribution in [0, 0.1) is 28.7 Å². The van der Waals surface area contributed by atoms with Gasteiger partial charge >= 0.3 is 5.69 Å². The van der Waals surface area contributed by atoms with Crippen molar-refractivity contribution in [3.05, 3.63) is 55.5 Å². The fourth-order valence-electron chi connectivity index (χ4n) is 1.64. The van der Waals surface area contributed by atoms with Gasteiger partial charge in [0.05, 0.1) is 22.7 Å². The van der Waals surface area contributed by atoms with Crippen molar-refractivity contribution in [2.45, 2.75) is 13.5 Å². The summed E-state index contributed by atoms with van der Waals surface area (Å²) in [6, 6.07) is 1.36. The number of benzene rings is 1. The standard InChI is InChI=1S/C12H9F2N3O3S/c1-6-9(21-5-16-6)4-15-12(18)10-7(13)2-3-8(11(10)14)17(19)20/h2-3,5H,4H2,1H3,(H,15,18). The van der Waals surface area contributed by atoms with E-state index >= 15 is 0 Å². The van der Waals surface area contributed by atoms with Crippen LogP contribution in [0.2, 0.25) is 0 Å². The molecule has 110 valence electrons. The Kier molecular flexibility index (Phi) is 4.22. The maximum absolute atomic E-state index is 13.8. The van der Waals surface area contributed by atoms with Gasteiger partial charge < -0.3 is 5.32 Å². The number of nitrogens with one attached hydrogen (secondary N) is 1. The number of nitrogens with zero attached hydrogens (tertiary/aromatic N) is 2. The van der Waals surface area contributed by atoms with Crippen molar-refractivity contribution in [2.75, 3.05) is 0 Å². The van der Waals surface area contributed by atoms with Gasteiger partial charge in [-0.1, -0.05) is 0 Å². The monoisotopic (exact) mass is 313 g/mol. The van der Waals surface area contributed by atoms with E-state index in [0.29, 0.717) is 17.8 Å². The average molecular weight is 313 g/mol. The van der Waals surface area contributed by atoms with Crippen LogP contribution in [0.25, 0.3) is 0 Å². The van der Waals surface area contributed by atoms with Crippen LogP contribution in [0.1, 0.15) is 20.9 Å². The molecular formula is C12H9F2N3O3S. The number of aryl methyl sites for hydroxylation is 1. The molecule has 0 saturated carbocycles. The minimum Gasteiger partial charge on any atom is -0.347 e. The quantitative estimate of drug-likeness (QED) is 0.694. The van der Waals surface area contributed by atoms with Gasteiger partial charge in [0.1, 0.15) is 11.4 Å². The zero-order chi connectivity index (χ0) is 15.6. The first-order valence-corrected chi connectivity index (χ1v) is 6.59.